The van der Waals surface area contributed by atoms with Gasteiger partial charge in [0.15, 0.2) is 18.4 Å². The molecule has 1 aromatic heterocycles. The molecule has 4 atom stereocenters. The van der Waals surface area contributed by atoms with Crippen molar-refractivity contribution in [3.05, 3.63) is 33.1 Å². The van der Waals surface area contributed by atoms with Gasteiger partial charge >= 0.3 is 23.6 Å². The summed E-state index contributed by atoms with van der Waals surface area (Å²) in [5.41, 5.74) is -1.43. The predicted molar refractivity (Wildman–Crippen MR) is 83.0 cm³/mol. The fourth-order valence-corrected chi connectivity index (χ4v) is 2.54. The van der Waals surface area contributed by atoms with E-state index in [0.29, 0.717) is 0 Å². The molecule has 1 aromatic rings. The van der Waals surface area contributed by atoms with Gasteiger partial charge in [0.25, 0.3) is 5.56 Å². The zero-order valence-corrected chi connectivity index (χ0v) is 14.3. The maximum atomic E-state index is 12.1. The van der Waals surface area contributed by atoms with Crippen LogP contribution >= 0.6 is 0 Å². The van der Waals surface area contributed by atoms with Crippen molar-refractivity contribution in [3.8, 4) is 0 Å². The van der Waals surface area contributed by atoms with Crippen LogP contribution in [0, 0.1) is 0 Å². The molecule has 0 bridgehead atoms. The van der Waals surface area contributed by atoms with E-state index < -0.39 is 53.7 Å². The first-order chi connectivity index (χ1) is 12.2. The number of esters is 3. The summed E-state index contributed by atoms with van der Waals surface area (Å²) >= 11 is 0. The fourth-order valence-electron chi connectivity index (χ4n) is 2.54. The van der Waals surface area contributed by atoms with E-state index in [-0.39, 0.29) is 6.61 Å². The molecule has 2 heterocycles. The van der Waals surface area contributed by atoms with E-state index in [1.165, 1.54) is 6.92 Å². The number of carbonyl (C=O) groups excluding carboxylic acids is 3. The molecule has 0 radical (unpaired) electrons. The highest BCUT2D eigenvalue weighted by Gasteiger charge is 2.50. The van der Waals surface area contributed by atoms with Crippen LogP contribution in [0.4, 0.5) is 0 Å². The van der Waals surface area contributed by atoms with Crippen molar-refractivity contribution < 1.29 is 33.3 Å². The van der Waals surface area contributed by atoms with Crippen LogP contribution in [0.2, 0.25) is 0 Å². The Morgan fingerprint density at radius 3 is 2.23 bits per heavy atom. The van der Waals surface area contributed by atoms with Crippen molar-refractivity contribution in [1.29, 1.82) is 0 Å². The van der Waals surface area contributed by atoms with Crippen molar-refractivity contribution in [2.75, 3.05) is 6.61 Å². The summed E-state index contributed by atoms with van der Waals surface area (Å²) < 4.78 is 21.9. The third-order valence-electron chi connectivity index (χ3n) is 3.47. The average Bonchev–Trinajstić information content (AvgIpc) is 2.82. The molecule has 0 aromatic carbocycles. The van der Waals surface area contributed by atoms with Gasteiger partial charge in [-0.2, -0.15) is 0 Å². The average molecular weight is 370 g/mol. The van der Waals surface area contributed by atoms with Gasteiger partial charge in [-0.3, -0.25) is 28.7 Å². The molecule has 11 nitrogen and oxygen atoms in total. The van der Waals surface area contributed by atoms with Gasteiger partial charge < -0.3 is 18.9 Å². The summed E-state index contributed by atoms with van der Waals surface area (Å²) in [7, 11) is 0. The highest BCUT2D eigenvalue weighted by atomic mass is 16.7. The highest BCUT2D eigenvalue weighted by molar-refractivity contribution is 5.67. The smallest absolute Gasteiger partial charge is 0.330 e. The molecule has 1 fully saturated rings. The monoisotopic (exact) mass is 370 g/mol. The summed E-state index contributed by atoms with van der Waals surface area (Å²) in [5.74, 6) is -1.98. The van der Waals surface area contributed by atoms with Crippen LogP contribution in [0.3, 0.4) is 0 Å². The Hall–Kier alpha value is -2.95. The summed E-state index contributed by atoms with van der Waals surface area (Å²) in [6.45, 7) is 3.17. The van der Waals surface area contributed by atoms with Crippen LogP contribution < -0.4 is 11.2 Å². The topological polar surface area (TPSA) is 143 Å². The normalized spacial score (nSPS) is 24.7. The van der Waals surface area contributed by atoms with E-state index in [1.807, 2.05) is 4.98 Å². The maximum Gasteiger partial charge on any atom is 0.330 e. The minimum Gasteiger partial charge on any atom is -0.463 e. The fraction of sp³-hybridized carbons (Fsp3) is 0.533. The molecule has 0 amide bonds. The number of ether oxygens (including phenoxy) is 4. The highest BCUT2D eigenvalue weighted by Crippen LogP contribution is 2.33. The Labute approximate surface area is 146 Å². The lowest BCUT2D eigenvalue weighted by Crippen LogP contribution is -2.42. The molecule has 0 aliphatic carbocycles. The molecule has 1 aliphatic heterocycles. The number of aromatic nitrogens is 2. The zero-order chi connectivity index (χ0) is 19.4. The van der Waals surface area contributed by atoms with Crippen LogP contribution in [0.5, 0.6) is 0 Å². The van der Waals surface area contributed by atoms with Crippen LogP contribution in [0.25, 0.3) is 0 Å². The quantitative estimate of drug-likeness (QED) is 0.502. The van der Waals surface area contributed by atoms with Crippen LogP contribution in [-0.4, -0.2) is 52.4 Å². The van der Waals surface area contributed by atoms with Gasteiger partial charge in [0.05, 0.1) is 0 Å². The molecule has 0 spiro atoms. The van der Waals surface area contributed by atoms with Crippen molar-refractivity contribution in [1.82, 2.24) is 9.55 Å². The van der Waals surface area contributed by atoms with Gasteiger partial charge in [-0.15, -0.1) is 0 Å². The number of hydrogen-bond acceptors (Lipinski definition) is 9. The minimum absolute atomic E-state index is 0.292. The van der Waals surface area contributed by atoms with E-state index in [4.69, 9.17) is 18.9 Å². The molecule has 2 unspecified atom stereocenters. The van der Waals surface area contributed by atoms with Crippen molar-refractivity contribution >= 4 is 17.9 Å². The van der Waals surface area contributed by atoms with Gasteiger partial charge in [0, 0.05) is 33.0 Å². The van der Waals surface area contributed by atoms with E-state index >= 15 is 0 Å². The summed E-state index contributed by atoms with van der Waals surface area (Å²) in [4.78, 5) is 59.3. The first-order valence-corrected chi connectivity index (χ1v) is 7.63. The van der Waals surface area contributed by atoms with Gasteiger partial charge in [-0.05, 0) is 0 Å². The molecule has 1 N–H and O–H groups in total. The Bertz CT molecular complexity index is 812. The summed E-state index contributed by atoms with van der Waals surface area (Å²) in [6.07, 6.45) is -3.36. The number of H-pyrrole nitrogens is 1. The molecule has 0 saturated carbocycles. The lowest BCUT2D eigenvalue weighted by atomic mass is 10.1. The minimum atomic E-state index is -1.20. The molecular formula is C15H18N2O9. The Kier molecular flexibility index (Phi) is 5.93. The number of hydrogen-bond donors (Lipinski definition) is 1. The molecule has 1 aliphatic rings. The summed E-state index contributed by atoms with van der Waals surface area (Å²) in [6, 6.07) is 1.08. The van der Waals surface area contributed by atoms with Gasteiger partial charge in [-0.1, -0.05) is 0 Å². The Morgan fingerprint density at radius 1 is 1.08 bits per heavy atom. The first kappa shape index (κ1) is 19.4. The largest absolute Gasteiger partial charge is 0.463 e. The van der Waals surface area contributed by atoms with Gasteiger partial charge in [-0.25, -0.2) is 4.79 Å². The Balaban J connectivity index is 2.41. The van der Waals surface area contributed by atoms with E-state index in [2.05, 4.69) is 0 Å². The van der Waals surface area contributed by atoms with E-state index in [9.17, 15) is 24.0 Å². The lowest BCUT2D eigenvalue weighted by Gasteiger charge is -2.23. The standard InChI is InChI=1S/C15H18N2O9/c1-7(18)23-6-10-12(24-8(2)19)13(25-9(3)20)14(26-10)17-5-4-11(21)16-15(17)22/h4-5,10,12-14H,6H2,1-3H3,(H,16,21,22)/t10?,12-,13-,14?/m0/s1. The summed E-state index contributed by atoms with van der Waals surface area (Å²) in [5, 5.41) is 0. The molecular weight excluding hydrogens is 352 g/mol. The predicted octanol–water partition coefficient (Wildman–Crippen LogP) is -1.14. The second-order valence-corrected chi connectivity index (χ2v) is 5.53. The number of carbonyl (C=O) groups is 3. The van der Waals surface area contributed by atoms with Gasteiger partial charge in [0.1, 0.15) is 12.7 Å². The van der Waals surface area contributed by atoms with Crippen LogP contribution in [-0.2, 0) is 33.3 Å². The number of rotatable bonds is 5. The van der Waals surface area contributed by atoms with E-state index in [1.54, 1.807) is 0 Å². The maximum absolute atomic E-state index is 12.1. The van der Waals surface area contributed by atoms with E-state index in [0.717, 1.165) is 30.7 Å². The van der Waals surface area contributed by atoms with Gasteiger partial charge in [0.2, 0.25) is 0 Å². The molecule has 1 saturated heterocycles. The van der Waals surface area contributed by atoms with Crippen molar-refractivity contribution in [2.24, 2.45) is 0 Å². The molecule has 2 rings (SSSR count). The lowest BCUT2D eigenvalue weighted by molar-refractivity contribution is -0.166. The molecule has 142 valence electrons. The van der Waals surface area contributed by atoms with Crippen LogP contribution in [0.15, 0.2) is 21.9 Å². The zero-order valence-electron chi connectivity index (χ0n) is 14.3. The third-order valence-corrected chi connectivity index (χ3v) is 3.47. The SMILES string of the molecule is CC(=O)OCC1OC(n2ccc(=O)[nH]c2=O)[C@@H](OC(C)=O)[C@H]1OC(C)=O. The second-order valence-electron chi connectivity index (χ2n) is 5.53. The number of nitrogens with zero attached hydrogens (tertiary/aromatic N) is 1. The number of nitrogens with one attached hydrogen (secondary N) is 1. The Morgan fingerprint density at radius 2 is 1.69 bits per heavy atom. The first-order valence-electron chi connectivity index (χ1n) is 7.63. The van der Waals surface area contributed by atoms with Crippen molar-refractivity contribution in [2.45, 2.75) is 45.3 Å². The number of aromatic amines is 1. The molecule has 11 heteroatoms. The third kappa shape index (κ3) is 4.57. The van der Waals surface area contributed by atoms with Crippen LogP contribution in [0.1, 0.15) is 27.0 Å². The second kappa shape index (κ2) is 7.95. The molecule has 26 heavy (non-hydrogen) atoms. The van der Waals surface area contributed by atoms with Crippen molar-refractivity contribution in [3.63, 3.8) is 0 Å².